The number of imide groups is 2. The third kappa shape index (κ3) is 3.83. The average molecular weight is 463 g/mol. The first-order valence-electron chi connectivity index (χ1n) is 12.7. The molecular weight excluding hydrogens is 428 g/mol. The van der Waals surface area contributed by atoms with Gasteiger partial charge in [-0.1, -0.05) is 52.4 Å². The van der Waals surface area contributed by atoms with Crippen LogP contribution in [-0.4, -0.2) is 45.5 Å². The Morgan fingerprint density at radius 1 is 0.559 bits per heavy atom. The molecule has 0 spiro atoms. The predicted octanol–water partition coefficient (Wildman–Crippen LogP) is 5.97. The first-order valence-corrected chi connectivity index (χ1v) is 12.7. The Labute approximate surface area is 201 Å². The van der Waals surface area contributed by atoms with Crippen molar-refractivity contribution in [2.45, 2.75) is 91.1 Å². The van der Waals surface area contributed by atoms with Gasteiger partial charge in [0.25, 0.3) is 23.6 Å². The fraction of sp³-hybridized carbons (Fsp3) is 0.500. The lowest BCUT2D eigenvalue weighted by molar-refractivity contribution is 0.0520. The normalized spacial score (nSPS) is 17.1. The van der Waals surface area contributed by atoms with Crippen LogP contribution in [-0.2, 0) is 0 Å². The van der Waals surface area contributed by atoms with Crippen molar-refractivity contribution in [2.24, 2.45) is 0 Å². The summed E-state index contributed by atoms with van der Waals surface area (Å²) < 4.78 is 0. The molecule has 4 rings (SSSR count). The maximum absolute atomic E-state index is 13.4. The van der Waals surface area contributed by atoms with Crippen molar-refractivity contribution in [1.82, 2.24) is 9.80 Å². The Morgan fingerprint density at radius 2 is 0.853 bits per heavy atom. The van der Waals surface area contributed by atoms with Crippen LogP contribution >= 0.6 is 0 Å². The third-order valence-electron chi connectivity index (χ3n) is 7.29. The van der Waals surface area contributed by atoms with Gasteiger partial charge >= 0.3 is 0 Å². The van der Waals surface area contributed by atoms with Crippen molar-refractivity contribution in [3.63, 3.8) is 0 Å². The lowest BCUT2D eigenvalue weighted by Gasteiger charge is -2.35. The summed E-state index contributed by atoms with van der Waals surface area (Å²) in [7, 11) is 0. The van der Waals surface area contributed by atoms with E-state index in [1.54, 1.807) is 24.3 Å². The van der Waals surface area contributed by atoms with Crippen LogP contribution in [0, 0.1) is 0 Å². The van der Waals surface area contributed by atoms with Crippen LogP contribution < -0.4 is 0 Å². The molecule has 34 heavy (non-hydrogen) atoms. The standard InChI is InChI=1S/C28H34N2O4/c1-5-7-9-11-17(3)29-25(31)19-13-15-21-24-22(16-14-20(23(19)24)26(29)32)28(34)30(27(21)33)18(4)12-10-8-6-2/h13-18H,5-12H2,1-4H3. The van der Waals surface area contributed by atoms with Crippen molar-refractivity contribution in [3.05, 3.63) is 46.5 Å². The van der Waals surface area contributed by atoms with Crippen LogP contribution in [0.1, 0.15) is 120 Å². The van der Waals surface area contributed by atoms with Gasteiger partial charge in [0, 0.05) is 45.1 Å². The van der Waals surface area contributed by atoms with E-state index in [9.17, 15) is 19.2 Å². The van der Waals surface area contributed by atoms with Crippen LogP contribution in [0.5, 0.6) is 0 Å². The Hall–Kier alpha value is -3.02. The van der Waals surface area contributed by atoms with Gasteiger partial charge in [-0.05, 0) is 51.0 Å². The highest BCUT2D eigenvalue weighted by Crippen LogP contribution is 2.39. The molecule has 2 aromatic rings. The summed E-state index contributed by atoms with van der Waals surface area (Å²) >= 11 is 0. The summed E-state index contributed by atoms with van der Waals surface area (Å²) in [6, 6.07) is 6.17. The molecule has 6 nitrogen and oxygen atoms in total. The maximum Gasteiger partial charge on any atom is 0.261 e. The van der Waals surface area contributed by atoms with E-state index in [4.69, 9.17) is 0 Å². The highest BCUT2D eigenvalue weighted by atomic mass is 16.2. The third-order valence-corrected chi connectivity index (χ3v) is 7.29. The van der Waals surface area contributed by atoms with Crippen molar-refractivity contribution < 1.29 is 19.2 Å². The van der Waals surface area contributed by atoms with E-state index >= 15 is 0 Å². The minimum absolute atomic E-state index is 0.218. The maximum atomic E-state index is 13.4. The predicted molar refractivity (Wildman–Crippen MR) is 132 cm³/mol. The van der Waals surface area contributed by atoms with Crippen LogP contribution in [0.3, 0.4) is 0 Å². The Balaban J connectivity index is 1.75. The second kappa shape index (κ2) is 9.69. The molecule has 2 aliphatic heterocycles. The van der Waals surface area contributed by atoms with E-state index < -0.39 is 0 Å². The summed E-state index contributed by atoms with van der Waals surface area (Å²) in [6.07, 6.45) is 7.64. The fourth-order valence-electron chi connectivity index (χ4n) is 5.35. The Morgan fingerprint density at radius 3 is 1.12 bits per heavy atom. The van der Waals surface area contributed by atoms with E-state index in [-0.39, 0.29) is 35.7 Å². The van der Waals surface area contributed by atoms with Gasteiger partial charge < -0.3 is 0 Å². The second-order valence-electron chi connectivity index (χ2n) is 9.72. The van der Waals surface area contributed by atoms with Gasteiger partial charge in [-0.25, -0.2) is 0 Å². The minimum Gasteiger partial charge on any atom is -0.272 e. The van der Waals surface area contributed by atoms with Crippen LogP contribution in [0.2, 0.25) is 0 Å². The zero-order valence-electron chi connectivity index (χ0n) is 20.6. The van der Waals surface area contributed by atoms with E-state index in [0.29, 0.717) is 33.0 Å². The highest BCUT2D eigenvalue weighted by molar-refractivity contribution is 6.33. The van der Waals surface area contributed by atoms with Crippen LogP contribution in [0.15, 0.2) is 24.3 Å². The SMILES string of the molecule is CCCCCC(C)N1C(=O)c2ccc3c4c(ccc(c24)C1=O)C(=O)N(C(C)CCCCC)C3=O. The van der Waals surface area contributed by atoms with Gasteiger partial charge in [0.15, 0.2) is 0 Å². The molecule has 4 amide bonds. The summed E-state index contributed by atoms with van der Waals surface area (Å²) in [5.41, 5.74) is 1.57. The number of benzene rings is 2. The number of carbonyl (C=O) groups is 4. The smallest absolute Gasteiger partial charge is 0.261 e. The number of hydrogen-bond acceptors (Lipinski definition) is 4. The lowest BCUT2D eigenvalue weighted by atomic mass is 9.85. The lowest BCUT2D eigenvalue weighted by Crippen LogP contribution is -2.48. The van der Waals surface area contributed by atoms with E-state index in [0.717, 1.165) is 51.4 Å². The highest BCUT2D eigenvalue weighted by Gasteiger charge is 2.41. The van der Waals surface area contributed by atoms with Crippen LogP contribution in [0.4, 0.5) is 0 Å². The van der Waals surface area contributed by atoms with E-state index in [1.807, 2.05) is 13.8 Å². The molecule has 0 saturated carbocycles. The summed E-state index contributed by atoms with van der Waals surface area (Å²) in [6.45, 7) is 8.05. The molecule has 2 unspecified atom stereocenters. The molecule has 180 valence electrons. The number of carbonyl (C=O) groups excluding carboxylic acids is 4. The minimum atomic E-state index is -0.347. The van der Waals surface area contributed by atoms with Crippen molar-refractivity contribution in [1.29, 1.82) is 0 Å². The molecule has 2 aromatic carbocycles. The molecule has 0 radical (unpaired) electrons. The largest absolute Gasteiger partial charge is 0.272 e. The summed E-state index contributed by atoms with van der Waals surface area (Å²) in [4.78, 5) is 56.4. The van der Waals surface area contributed by atoms with Gasteiger partial charge in [0.2, 0.25) is 0 Å². The molecule has 6 heteroatoms. The molecule has 0 saturated heterocycles. The molecule has 0 N–H and O–H groups in total. The first-order chi connectivity index (χ1) is 16.3. The van der Waals surface area contributed by atoms with Gasteiger partial charge in [-0.2, -0.15) is 0 Å². The molecule has 2 aliphatic rings. The van der Waals surface area contributed by atoms with Crippen molar-refractivity contribution in [2.75, 3.05) is 0 Å². The van der Waals surface area contributed by atoms with Gasteiger partial charge in [0.1, 0.15) is 0 Å². The quantitative estimate of drug-likeness (QED) is 0.322. The van der Waals surface area contributed by atoms with Crippen LogP contribution in [0.25, 0.3) is 10.8 Å². The molecule has 0 bridgehead atoms. The second-order valence-corrected chi connectivity index (χ2v) is 9.72. The molecule has 0 aliphatic carbocycles. The monoisotopic (exact) mass is 462 g/mol. The zero-order chi connectivity index (χ0) is 24.6. The first kappa shape index (κ1) is 24.1. The molecule has 0 fully saturated rings. The van der Waals surface area contributed by atoms with E-state index in [2.05, 4.69) is 13.8 Å². The number of hydrogen-bond donors (Lipinski definition) is 0. The van der Waals surface area contributed by atoms with Gasteiger partial charge in [-0.15, -0.1) is 0 Å². The Kier molecular flexibility index (Phi) is 6.87. The molecular formula is C28H34N2O4. The van der Waals surface area contributed by atoms with E-state index in [1.165, 1.54) is 9.80 Å². The molecule has 0 aromatic heterocycles. The Bertz CT molecular complexity index is 1010. The summed E-state index contributed by atoms with van der Waals surface area (Å²) in [5.74, 6) is -1.39. The van der Waals surface area contributed by atoms with Crippen molar-refractivity contribution >= 4 is 34.4 Å². The number of amides is 4. The molecule has 2 heterocycles. The fourth-order valence-corrected chi connectivity index (χ4v) is 5.35. The van der Waals surface area contributed by atoms with Gasteiger partial charge in [-0.3, -0.25) is 29.0 Å². The van der Waals surface area contributed by atoms with Crippen molar-refractivity contribution in [3.8, 4) is 0 Å². The average Bonchev–Trinajstić information content (AvgIpc) is 2.81. The molecule has 2 atom stereocenters. The zero-order valence-corrected chi connectivity index (χ0v) is 20.6. The summed E-state index contributed by atoms with van der Waals surface area (Å²) in [5, 5.41) is 0.893. The van der Waals surface area contributed by atoms with Gasteiger partial charge in [0.05, 0.1) is 0 Å². The number of rotatable bonds is 10. The topological polar surface area (TPSA) is 74.8 Å². The number of nitrogens with zero attached hydrogens (tertiary/aromatic N) is 2. The number of unbranched alkanes of at least 4 members (excludes halogenated alkanes) is 4.